The number of carbonyl (C=O) groups excluding carboxylic acids is 2. The maximum Gasteiger partial charge on any atom is 0.242 e. The molecule has 9 heteroatoms. The zero-order chi connectivity index (χ0) is 23.0. The fraction of sp³-hybridized carbons (Fsp3) is 0.364. The molecule has 4 nitrogen and oxygen atoms in total. The molecule has 0 radical (unpaired) electrons. The number of rotatable bonds is 10. The van der Waals surface area contributed by atoms with Gasteiger partial charge in [-0.1, -0.05) is 65.5 Å². The van der Waals surface area contributed by atoms with Crippen LogP contribution in [-0.2, 0) is 21.9 Å². The maximum atomic E-state index is 13.1. The lowest BCUT2D eigenvalue weighted by atomic mass is 10.1. The molecule has 0 heterocycles. The first kappa shape index (κ1) is 26.1. The summed E-state index contributed by atoms with van der Waals surface area (Å²) in [6.45, 7) is 4.46. The molecule has 0 aliphatic heterocycles. The molecule has 0 aromatic heterocycles. The molecule has 2 aromatic carbocycles. The van der Waals surface area contributed by atoms with Gasteiger partial charge in [-0.05, 0) is 48.7 Å². The Morgan fingerprint density at radius 3 is 2.42 bits per heavy atom. The fourth-order valence-corrected chi connectivity index (χ4v) is 4.43. The van der Waals surface area contributed by atoms with Crippen LogP contribution in [0.4, 0.5) is 0 Å². The number of carbonyl (C=O) groups is 2. The van der Waals surface area contributed by atoms with Crippen molar-refractivity contribution < 1.29 is 9.59 Å². The third-order valence-electron chi connectivity index (χ3n) is 4.55. The van der Waals surface area contributed by atoms with Gasteiger partial charge in [0.05, 0.1) is 15.8 Å². The van der Waals surface area contributed by atoms with Gasteiger partial charge >= 0.3 is 0 Å². The van der Waals surface area contributed by atoms with E-state index in [2.05, 4.69) is 5.32 Å². The summed E-state index contributed by atoms with van der Waals surface area (Å²) < 4.78 is 0. The molecule has 0 unspecified atom stereocenters. The number of thioether (sulfide) groups is 1. The normalized spacial score (nSPS) is 11.8. The van der Waals surface area contributed by atoms with Crippen molar-refractivity contribution in [1.29, 1.82) is 0 Å². The van der Waals surface area contributed by atoms with Crippen molar-refractivity contribution in [3.8, 4) is 0 Å². The number of nitrogens with zero attached hydrogens (tertiary/aromatic N) is 1. The van der Waals surface area contributed by atoms with E-state index in [1.54, 1.807) is 42.2 Å². The zero-order valence-corrected chi connectivity index (χ0v) is 21.1. The first-order chi connectivity index (χ1) is 14.7. The van der Waals surface area contributed by atoms with Gasteiger partial charge in [-0.2, -0.15) is 0 Å². The van der Waals surface area contributed by atoms with Gasteiger partial charge in [0, 0.05) is 28.9 Å². The Morgan fingerprint density at radius 2 is 1.77 bits per heavy atom. The number of amides is 2. The van der Waals surface area contributed by atoms with Gasteiger partial charge < -0.3 is 10.2 Å². The fourth-order valence-electron chi connectivity index (χ4n) is 2.78. The van der Waals surface area contributed by atoms with Gasteiger partial charge in [-0.25, -0.2) is 0 Å². The predicted octanol–water partition coefficient (Wildman–Crippen LogP) is 6.48. The third kappa shape index (κ3) is 8.07. The van der Waals surface area contributed by atoms with E-state index in [1.807, 2.05) is 13.0 Å². The Labute approximate surface area is 207 Å². The monoisotopic (exact) mass is 520 g/mol. The number of benzene rings is 2. The maximum absolute atomic E-state index is 13.1. The minimum absolute atomic E-state index is 0.157. The van der Waals surface area contributed by atoms with Crippen molar-refractivity contribution in [3.63, 3.8) is 0 Å². The Morgan fingerprint density at radius 1 is 1.03 bits per heavy atom. The molecule has 2 amide bonds. The van der Waals surface area contributed by atoms with Gasteiger partial charge in [0.2, 0.25) is 11.8 Å². The molecule has 31 heavy (non-hydrogen) atoms. The molecule has 168 valence electrons. The van der Waals surface area contributed by atoms with Crippen LogP contribution < -0.4 is 5.32 Å². The standard InChI is InChI=1S/C22H24Cl4N2O2S/c1-3-8-27-22(30)14(2)28(11-16-5-6-17(23)10-19(16)25)21(29)13-31-12-15-4-7-18(24)20(26)9-15/h4-7,9-10,14H,3,8,11-13H2,1-2H3,(H,27,30)/t14-/m0/s1. The molecule has 1 N–H and O–H groups in total. The van der Waals surface area contributed by atoms with Crippen molar-refractivity contribution in [2.24, 2.45) is 0 Å². The van der Waals surface area contributed by atoms with E-state index >= 15 is 0 Å². The molecule has 0 spiro atoms. The zero-order valence-electron chi connectivity index (χ0n) is 17.3. The molecule has 0 saturated heterocycles. The van der Waals surface area contributed by atoms with Gasteiger partial charge in [-0.15, -0.1) is 11.8 Å². The van der Waals surface area contributed by atoms with Gasteiger partial charge in [-0.3, -0.25) is 9.59 Å². The summed E-state index contributed by atoms with van der Waals surface area (Å²) in [4.78, 5) is 27.2. The first-order valence-electron chi connectivity index (χ1n) is 9.75. The van der Waals surface area contributed by atoms with E-state index in [4.69, 9.17) is 46.4 Å². The highest BCUT2D eigenvalue weighted by atomic mass is 35.5. The van der Waals surface area contributed by atoms with Gasteiger partial charge in [0.15, 0.2) is 0 Å². The topological polar surface area (TPSA) is 49.4 Å². The van der Waals surface area contributed by atoms with Crippen LogP contribution in [0.3, 0.4) is 0 Å². The van der Waals surface area contributed by atoms with E-state index in [1.165, 1.54) is 11.8 Å². The molecule has 0 saturated carbocycles. The van der Waals surface area contributed by atoms with E-state index in [0.29, 0.717) is 32.4 Å². The molecule has 2 aromatic rings. The van der Waals surface area contributed by atoms with E-state index < -0.39 is 6.04 Å². The van der Waals surface area contributed by atoms with Crippen LogP contribution in [0.15, 0.2) is 36.4 Å². The highest BCUT2D eigenvalue weighted by molar-refractivity contribution is 7.99. The van der Waals surface area contributed by atoms with Crippen molar-refractivity contribution in [2.45, 2.75) is 38.6 Å². The third-order valence-corrected chi connectivity index (χ3v) is 6.87. The highest BCUT2D eigenvalue weighted by Crippen LogP contribution is 2.26. The second-order valence-corrected chi connectivity index (χ2v) is 9.61. The van der Waals surface area contributed by atoms with Gasteiger partial charge in [0.1, 0.15) is 6.04 Å². The highest BCUT2D eigenvalue weighted by Gasteiger charge is 2.26. The Balaban J connectivity index is 2.10. The molecular weight excluding hydrogens is 498 g/mol. The number of hydrogen-bond donors (Lipinski definition) is 1. The smallest absolute Gasteiger partial charge is 0.242 e. The summed E-state index contributed by atoms with van der Waals surface area (Å²) in [6.07, 6.45) is 0.814. The van der Waals surface area contributed by atoms with Crippen LogP contribution in [0.25, 0.3) is 0 Å². The quantitative estimate of drug-likeness (QED) is 0.389. The van der Waals surface area contributed by atoms with Gasteiger partial charge in [0.25, 0.3) is 0 Å². The van der Waals surface area contributed by atoms with Crippen molar-refractivity contribution in [1.82, 2.24) is 10.2 Å². The number of halogens is 4. The average Bonchev–Trinajstić information content (AvgIpc) is 2.73. The number of nitrogens with one attached hydrogen (secondary N) is 1. The lowest BCUT2D eigenvalue weighted by Gasteiger charge is -2.29. The minimum atomic E-state index is -0.642. The van der Waals surface area contributed by atoms with Crippen LogP contribution in [-0.4, -0.2) is 35.1 Å². The largest absolute Gasteiger partial charge is 0.354 e. The van der Waals surface area contributed by atoms with Crippen LogP contribution in [0, 0.1) is 0 Å². The average molecular weight is 522 g/mol. The van der Waals surface area contributed by atoms with Crippen molar-refractivity contribution in [3.05, 3.63) is 67.6 Å². The summed E-state index contributed by atoms with van der Waals surface area (Å²) in [6, 6.07) is 9.86. The lowest BCUT2D eigenvalue weighted by molar-refractivity contribution is -0.138. The Kier molecular flexibility index (Phi) is 10.8. The summed E-state index contributed by atoms with van der Waals surface area (Å²) in [5.74, 6) is 0.441. The summed E-state index contributed by atoms with van der Waals surface area (Å²) in [7, 11) is 0. The van der Waals surface area contributed by atoms with Crippen LogP contribution >= 0.6 is 58.2 Å². The second-order valence-electron chi connectivity index (χ2n) is 6.97. The van der Waals surface area contributed by atoms with Crippen LogP contribution in [0.5, 0.6) is 0 Å². The van der Waals surface area contributed by atoms with E-state index in [9.17, 15) is 9.59 Å². The second kappa shape index (κ2) is 12.8. The molecule has 2 rings (SSSR count). The molecular formula is C22H24Cl4N2O2S. The van der Waals surface area contributed by atoms with Crippen molar-refractivity contribution >= 4 is 70.0 Å². The Bertz CT molecular complexity index is 926. The Hall–Kier alpha value is -1.11. The minimum Gasteiger partial charge on any atom is -0.354 e. The van der Waals surface area contributed by atoms with Crippen LogP contribution in [0.1, 0.15) is 31.4 Å². The van der Waals surface area contributed by atoms with E-state index in [-0.39, 0.29) is 24.1 Å². The predicted molar refractivity (Wildman–Crippen MR) is 132 cm³/mol. The molecule has 0 aliphatic carbocycles. The number of hydrogen-bond acceptors (Lipinski definition) is 3. The SMILES string of the molecule is CCCNC(=O)[C@H](C)N(Cc1ccc(Cl)cc1Cl)C(=O)CSCc1ccc(Cl)c(Cl)c1. The summed E-state index contributed by atoms with van der Waals surface area (Å²) >= 11 is 25.7. The van der Waals surface area contributed by atoms with Crippen molar-refractivity contribution in [2.75, 3.05) is 12.3 Å². The lowest BCUT2D eigenvalue weighted by Crippen LogP contribution is -2.48. The van der Waals surface area contributed by atoms with E-state index in [0.717, 1.165) is 17.5 Å². The summed E-state index contributed by atoms with van der Waals surface area (Å²) in [5.41, 5.74) is 1.69. The summed E-state index contributed by atoms with van der Waals surface area (Å²) in [5, 5.41) is 4.78. The first-order valence-corrected chi connectivity index (χ1v) is 12.4. The molecule has 0 fully saturated rings. The molecule has 1 atom stereocenters. The van der Waals surface area contributed by atoms with Crippen LogP contribution in [0.2, 0.25) is 20.1 Å². The molecule has 0 aliphatic rings. The molecule has 0 bridgehead atoms.